The van der Waals surface area contributed by atoms with E-state index in [2.05, 4.69) is 39.6 Å². The molecule has 1 heterocycles. The molecule has 0 saturated heterocycles. The Hall–Kier alpha value is -2.93. The van der Waals surface area contributed by atoms with Gasteiger partial charge < -0.3 is 10.6 Å². The van der Waals surface area contributed by atoms with Crippen LogP contribution in [0.5, 0.6) is 0 Å². The van der Waals surface area contributed by atoms with Gasteiger partial charge >= 0.3 is 0 Å². The molecule has 0 bridgehead atoms. The van der Waals surface area contributed by atoms with Gasteiger partial charge in [0.1, 0.15) is 18.5 Å². The third kappa shape index (κ3) is 5.32. The van der Waals surface area contributed by atoms with E-state index in [0.717, 1.165) is 16.8 Å². The Balaban J connectivity index is 1.56. The summed E-state index contributed by atoms with van der Waals surface area (Å²) in [7, 11) is 1.72. The molecule has 6 nitrogen and oxygen atoms in total. The third-order valence-electron chi connectivity index (χ3n) is 4.66. The molecule has 152 valence electrons. The van der Waals surface area contributed by atoms with E-state index in [0.29, 0.717) is 24.1 Å². The van der Waals surface area contributed by atoms with Crippen LogP contribution in [0.25, 0.3) is 5.69 Å². The van der Waals surface area contributed by atoms with Crippen LogP contribution in [0.3, 0.4) is 0 Å². The summed E-state index contributed by atoms with van der Waals surface area (Å²) in [4.78, 5) is 8.23. The van der Waals surface area contributed by atoms with Gasteiger partial charge in [-0.3, -0.25) is 4.99 Å². The van der Waals surface area contributed by atoms with Crippen molar-refractivity contribution in [2.24, 2.45) is 4.99 Å². The van der Waals surface area contributed by atoms with Crippen LogP contribution in [0, 0.1) is 5.82 Å². The van der Waals surface area contributed by atoms with Crippen molar-refractivity contribution in [2.75, 3.05) is 13.6 Å². The number of rotatable bonds is 6. The van der Waals surface area contributed by atoms with E-state index >= 15 is 0 Å². The fraction of sp³-hybridized carbons (Fsp3) is 0.286. The highest BCUT2D eigenvalue weighted by atomic mass is 35.5. The molecule has 0 spiro atoms. The van der Waals surface area contributed by atoms with Crippen LogP contribution in [-0.4, -0.2) is 34.3 Å². The molecule has 29 heavy (non-hydrogen) atoms. The molecule has 0 amide bonds. The maximum atomic E-state index is 13.3. The quantitative estimate of drug-likeness (QED) is 0.476. The van der Waals surface area contributed by atoms with Crippen molar-refractivity contribution in [3.05, 3.63) is 77.1 Å². The Morgan fingerprint density at radius 3 is 2.55 bits per heavy atom. The molecule has 0 aliphatic carbocycles. The molecule has 8 heteroatoms. The Kier molecular flexibility index (Phi) is 6.49. The van der Waals surface area contributed by atoms with Crippen molar-refractivity contribution in [3.63, 3.8) is 0 Å². The lowest BCUT2D eigenvalue weighted by Gasteiger charge is -2.27. The minimum absolute atomic E-state index is 0.304. The van der Waals surface area contributed by atoms with E-state index in [1.807, 2.05) is 24.3 Å². The summed E-state index contributed by atoms with van der Waals surface area (Å²) in [6.07, 6.45) is 3.17. The van der Waals surface area contributed by atoms with Crippen molar-refractivity contribution >= 4 is 17.6 Å². The van der Waals surface area contributed by atoms with Crippen LogP contribution >= 0.6 is 11.6 Å². The van der Waals surface area contributed by atoms with Crippen LogP contribution in [0.15, 0.2) is 60.1 Å². The number of halogens is 2. The highest BCUT2D eigenvalue weighted by Crippen LogP contribution is 2.29. The van der Waals surface area contributed by atoms with Crippen LogP contribution in [-0.2, 0) is 12.0 Å². The Morgan fingerprint density at radius 1 is 1.17 bits per heavy atom. The second-order valence-corrected chi connectivity index (χ2v) is 7.70. The summed E-state index contributed by atoms with van der Waals surface area (Å²) in [6.45, 7) is 5.31. The maximum absolute atomic E-state index is 13.3. The largest absolute Gasteiger partial charge is 0.356 e. The minimum atomic E-state index is -0.338. The number of nitrogens with zero attached hydrogens (tertiary/aromatic N) is 4. The molecular weight excluding hydrogens is 391 g/mol. The standard InChI is InChI=1S/C21H24ClFN6/c1-21(2,18-9-6-16(23)10-19(18)22)12-27-20(24-3)26-11-15-4-7-17(8-5-15)29-14-25-13-28-29/h4-10,13-14H,11-12H2,1-3H3,(H2,24,26,27). The molecule has 3 rings (SSSR count). The summed E-state index contributed by atoms with van der Waals surface area (Å²) in [5.41, 5.74) is 2.64. The average Bonchev–Trinajstić information content (AvgIpc) is 3.23. The van der Waals surface area contributed by atoms with Gasteiger partial charge in [0.2, 0.25) is 0 Å². The molecule has 0 fully saturated rings. The number of hydrogen-bond donors (Lipinski definition) is 2. The zero-order valence-corrected chi connectivity index (χ0v) is 17.4. The van der Waals surface area contributed by atoms with Gasteiger partial charge in [-0.1, -0.05) is 43.6 Å². The highest BCUT2D eigenvalue weighted by Gasteiger charge is 2.24. The van der Waals surface area contributed by atoms with Crippen LogP contribution in [0.4, 0.5) is 4.39 Å². The summed E-state index contributed by atoms with van der Waals surface area (Å²) in [6, 6.07) is 12.5. The van der Waals surface area contributed by atoms with E-state index in [1.54, 1.807) is 24.1 Å². The Labute approximate surface area is 174 Å². The molecule has 0 atom stereocenters. The lowest BCUT2D eigenvalue weighted by Crippen LogP contribution is -2.43. The molecule has 3 aromatic rings. The predicted octanol–water partition coefficient (Wildman–Crippen LogP) is 3.70. The van der Waals surface area contributed by atoms with Gasteiger partial charge in [-0.05, 0) is 35.4 Å². The second kappa shape index (κ2) is 9.05. The minimum Gasteiger partial charge on any atom is -0.356 e. The van der Waals surface area contributed by atoms with E-state index in [-0.39, 0.29) is 11.2 Å². The van der Waals surface area contributed by atoms with E-state index in [1.165, 1.54) is 18.5 Å². The van der Waals surface area contributed by atoms with Gasteiger partial charge in [0, 0.05) is 30.6 Å². The zero-order chi connectivity index (χ0) is 20.9. The molecular formula is C21H24ClFN6. The van der Waals surface area contributed by atoms with Crippen molar-refractivity contribution in [2.45, 2.75) is 25.8 Å². The molecule has 0 aliphatic heterocycles. The molecule has 1 aromatic heterocycles. The monoisotopic (exact) mass is 414 g/mol. The highest BCUT2D eigenvalue weighted by molar-refractivity contribution is 6.31. The molecule has 2 aromatic carbocycles. The van der Waals surface area contributed by atoms with Gasteiger partial charge in [-0.2, -0.15) is 5.10 Å². The molecule has 0 unspecified atom stereocenters. The first-order valence-corrected chi connectivity index (χ1v) is 9.61. The van der Waals surface area contributed by atoms with E-state index in [4.69, 9.17) is 11.6 Å². The van der Waals surface area contributed by atoms with Gasteiger partial charge in [0.15, 0.2) is 5.96 Å². The summed E-state index contributed by atoms with van der Waals surface area (Å²) in [5.74, 6) is 0.339. The van der Waals surface area contributed by atoms with Crippen molar-refractivity contribution in [1.82, 2.24) is 25.4 Å². The SMILES string of the molecule is CN=C(NCc1ccc(-n2cncn2)cc1)NCC(C)(C)c1ccc(F)cc1Cl. The number of aromatic nitrogens is 3. The topological polar surface area (TPSA) is 67.1 Å². The predicted molar refractivity (Wildman–Crippen MR) is 114 cm³/mol. The maximum Gasteiger partial charge on any atom is 0.191 e. The Bertz CT molecular complexity index is 967. The fourth-order valence-electron chi connectivity index (χ4n) is 2.95. The number of nitrogens with one attached hydrogen (secondary N) is 2. The molecule has 0 aliphatic rings. The van der Waals surface area contributed by atoms with Gasteiger partial charge in [0.05, 0.1) is 5.69 Å². The number of hydrogen-bond acceptors (Lipinski definition) is 3. The van der Waals surface area contributed by atoms with Crippen molar-refractivity contribution in [3.8, 4) is 5.69 Å². The van der Waals surface area contributed by atoms with Crippen molar-refractivity contribution in [1.29, 1.82) is 0 Å². The second-order valence-electron chi connectivity index (χ2n) is 7.29. The van der Waals surface area contributed by atoms with Crippen LogP contribution in [0.1, 0.15) is 25.0 Å². The van der Waals surface area contributed by atoms with E-state index in [9.17, 15) is 4.39 Å². The third-order valence-corrected chi connectivity index (χ3v) is 4.97. The normalized spacial score (nSPS) is 12.1. The summed E-state index contributed by atoms with van der Waals surface area (Å²) < 4.78 is 15.0. The molecule has 2 N–H and O–H groups in total. The van der Waals surface area contributed by atoms with Gasteiger partial charge in [0.25, 0.3) is 0 Å². The van der Waals surface area contributed by atoms with E-state index < -0.39 is 0 Å². The lowest BCUT2D eigenvalue weighted by atomic mass is 9.84. The van der Waals surface area contributed by atoms with Gasteiger partial charge in [-0.15, -0.1) is 0 Å². The molecule has 0 radical (unpaired) electrons. The van der Waals surface area contributed by atoms with Crippen LogP contribution < -0.4 is 10.6 Å². The summed E-state index contributed by atoms with van der Waals surface area (Å²) in [5, 5.41) is 11.2. The van der Waals surface area contributed by atoms with Crippen LogP contribution in [0.2, 0.25) is 5.02 Å². The molecule has 0 saturated carbocycles. The van der Waals surface area contributed by atoms with Gasteiger partial charge in [-0.25, -0.2) is 14.1 Å². The smallest absolute Gasteiger partial charge is 0.191 e. The average molecular weight is 415 g/mol. The first-order chi connectivity index (χ1) is 13.9. The first kappa shape index (κ1) is 20.8. The number of guanidine groups is 1. The number of benzene rings is 2. The lowest BCUT2D eigenvalue weighted by molar-refractivity contribution is 0.507. The zero-order valence-electron chi connectivity index (χ0n) is 16.7. The fourth-order valence-corrected chi connectivity index (χ4v) is 3.38. The Morgan fingerprint density at radius 2 is 1.93 bits per heavy atom. The summed E-state index contributed by atoms with van der Waals surface area (Å²) >= 11 is 6.23. The number of aliphatic imine (C=N–C) groups is 1. The van der Waals surface area contributed by atoms with Crippen molar-refractivity contribution < 1.29 is 4.39 Å². The first-order valence-electron chi connectivity index (χ1n) is 9.23.